The Kier molecular flexibility index (Phi) is 4.47. The molecule has 0 atom stereocenters. The van der Waals surface area contributed by atoms with E-state index >= 15 is 0 Å². The Morgan fingerprint density at radius 2 is 0.732 bits per heavy atom. The van der Waals surface area contributed by atoms with E-state index in [2.05, 4.69) is 74.5 Å². The number of hydrogen-bond acceptors (Lipinski definition) is 4. The fourth-order valence-electron chi connectivity index (χ4n) is 6.00. The lowest BCUT2D eigenvalue weighted by Gasteiger charge is -1.97. The van der Waals surface area contributed by atoms with Gasteiger partial charge in [-0.2, -0.15) is 0 Å². The largest absolute Gasteiger partial charge is 0.324 e. The molecule has 1 aliphatic heterocycles. The van der Waals surface area contributed by atoms with Gasteiger partial charge in [0.25, 0.3) is 0 Å². The van der Waals surface area contributed by atoms with Crippen LogP contribution in [0.5, 0.6) is 0 Å². The summed E-state index contributed by atoms with van der Waals surface area (Å²) in [4.78, 5) is 34.6. The van der Waals surface area contributed by atoms with Crippen LogP contribution in [0.4, 0.5) is 23.3 Å². The zero-order chi connectivity index (χ0) is 27.1. The fraction of sp³-hybridized carbons (Fsp3) is 0. The molecule has 0 fully saturated rings. The highest BCUT2D eigenvalue weighted by atomic mass is 28.1. The highest BCUT2D eigenvalue weighted by molar-refractivity contribution is 6.40. The summed E-state index contributed by atoms with van der Waals surface area (Å²) in [6.07, 6.45) is 0. The SMILES string of the molecule is [SiH3]c1cccc2c3[nH]c(c12)N=c1[nH]c(c2ccccc12)=Nc1[nH]c(c2ccccc12)N=c1[nH]c(c2ccccc12)=N3. The molecule has 9 rings (SSSR count). The summed E-state index contributed by atoms with van der Waals surface area (Å²) in [6, 6.07) is 31.0. The third-order valence-electron chi connectivity index (χ3n) is 7.92. The van der Waals surface area contributed by atoms with Gasteiger partial charge in [0.2, 0.25) is 0 Å². The van der Waals surface area contributed by atoms with Gasteiger partial charge >= 0.3 is 0 Å². The van der Waals surface area contributed by atoms with Gasteiger partial charge in [-0.05, 0) is 0 Å². The topological polar surface area (TPSA) is 113 Å². The van der Waals surface area contributed by atoms with Crippen LogP contribution in [0, 0.1) is 0 Å². The number of nitrogens with one attached hydrogen (secondary N) is 4. The van der Waals surface area contributed by atoms with Crippen LogP contribution in [0.25, 0.3) is 43.1 Å². The molecule has 194 valence electrons. The van der Waals surface area contributed by atoms with E-state index in [4.69, 9.17) is 20.0 Å². The molecule has 5 heterocycles. The minimum atomic E-state index is 0.735. The Hall–Kier alpha value is -5.54. The first-order valence-electron chi connectivity index (χ1n) is 13.5. The molecule has 4 N–H and O–H groups in total. The summed E-state index contributed by atoms with van der Waals surface area (Å²) < 4.78 is 0. The first-order valence-corrected chi connectivity index (χ1v) is 14.5. The molecule has 9 heteroatoms. The summed E-state index contributed by atoms with van der Waals surface area (Å²) in [7, 11) is 0.877. The van der Waals surface area contributed by atoms with Crippen LogP contribution in [0.2, 0.25) is 0 Å². The van der Waals surface area contributed by atoms with E-state index in [1.54, 1.807) is 0 Å². The van der Waals surface area contributed by atoms with Crippen LogP contribution in [0.15, 0.2) is 111 Å². The van der Waals surface area contributed by atoms with E-state index in [0.29, 0.717) is 0 Å². The number of benzene rings is 4. The predicted octanol–water partition coefficient (Wildman–Crippen LogP) is 3.72. The van der Waals surface area contributed by atoms with E-state index in [1.807, 2.05) is 36.4 Å². The standard InChI is InChI=1S/C32H22N8Si/c41-23-15-7-14-22-24(23)32-39-30-21-13-6-5-12-20(21)28(37-30)35-26-17-9-2-1-8-16(17)25(33-26)34-27-18-10-3-4-11-19(18)29(36-27)38-31(22)40-32/h1-15H,41H3,(H4,33,34,35,36,37,38,39,40). The lowest BCUT2D eigenvalue weighted by molar-refractivity contribution is 1.08. The van der Waals surface area contributed by atoms with Crippen molar-refractivity contribution >= 4 is 81.8 Å². The molecule has 8 bridgehead atoms. The molecular formula is C32H22N8Si. The number of H-pyrrole nitrogens is 4. The molecular weight excluding hydrogens is 524 g/mol. The molecule has 4 aromatic heterocycles. The van der Waals surface area contributed by atoms with E-state index in [-0.39, 0.29) is 0 Å². The Balaban J connectivity index is 1.52. The summed E-state index contributed by atoms with van der Waals surface area (Å²) >= 11 is 0. The first kappa shape index (κ1) is 22.3. The van der Waals surface area contributed by atoms with Gasteiger partial charge in [0.05, 0.1) is 0 Å². The maximum Gasteiger partial charge on any atom is 0.142 e. The molecule has 0 spiro atoms. The number of hydrogen-bond donors (Lipinski definition) is 4. The Morgan fingerprint density at radius 1 is 0.366 bits per heavy atom. The number of aromatic amines is 4. The highest BCUT2D eigenvalue weighted by Crippen LogP contribution is 2.34. The average molecular weight is 547 g/mol. The van der Waals surface area contributed by atoms with Crippen LogP contribution < -0.4 is 27.1 Å². The quantitative estimate of drug-likeness (QED) is 0.208. The van der Waals surface area contributed by atoms with Crippen molar-refractivity contribution in [2.75, 3.05) is 0 Å². The second-order valence-corrected chi connectivity index (χ2v) is 11.4. The number of fused-ring (bicyclic) bond motifs is 20. The Bertz CT molecular complexity index is 2610. The monoisotopic (exact) mass is 546 g/mol. The van der Waals surface area contributed by atoms with Gasteiger partial charge in [-0.1, -0.05) is 96.2 Å². The molecule has 41 heavy (non-hydrogen) atoms. The van der Waals surface area contributed by atoms with E-state index in [1.165, 1.54) is 5.19 Å². The molecule has 8 aromatic rings. The van der Waals surface area contributed by atoms with Gasteiger partial charge in [0, 0.05) is 53.3 Å². The maximum absolute atomic E-state index is 5.16. The van der Waals surface area contributed by atoms with Gasteiger partial charge in [-0.3, -0.25) is 0 Å². The second-order valence-electron chi connectivity index (χ2n) is 10.4. The van der Waals surface area contributed by atoms with E-state index < -0.39 is 0 Å². The minimum Gasteiger partial charge on any atom is -0.324 e. The Morgan fingerprint density at radius 3 is 1.22 bits per heavy atom. The second kappa shape index (κ2) is 8.23. The maximum atomic E-state index is 5.16. The molecule has 8 nitrogen and oxygen atoms in total. The summed E-state index contributed by atoms with van der Waals surface area (Å²) in [6.45, 7) is 0. The van der Waals surface area contributed by atoms with Gasteiger partial charge in [-0.25, -0.2) is 20.0 Å². The van der Waals surface area contributed by atoms with Crippen molar-refractivity contribution in [2.45, 2.75) is 0 Å². The van der Waals surface area contributed by atoms with Crippen LogP contribution in [-0.2, 0) is 0 Å². The van der Waals surface area contributed by atoms with Gasteiger partial charge < -0.3 is 19.9 Å². The van der Waals surface area contributed by atoms with Crippen LogP contribution >= 0.6 is 0 Å². The molecule has 0 aliphatic carbocycles. The fourth-order valence-corrected chi connectivity index (χ4v) is 6.70. The van der Waals surface area contributed by atoms with Gasteiger partial charge in [0.15, 0.2) is 0 Å². The smallest absolute Gasteiger partial charge is 0.142 e. The average Bonchev–Trinajstić information content (AvgIpc) is 3.73. The third kappa shape index (κ3) is 3.26. The minimum absolute atomic E-state index is 0.735. The number of aromatic nitrogens is 4. The van der Waals surface area contributed by atoms with E-state index in [9.17, 15) is 0 Å². The van der Waals surface area contributed by atoms with Crippen molar-refractivity contribution < 1.29 is 0 Å². The Labute approximate surface area is 234 Å². The van der Waals surface area contributed by atoms with Gasteiger partial charge in [0.1, 0.15) is 45.2 Å². The summed E-state index contributed by atoms with van der Waals surface area (Å²) in [5.74, 6) is 3.01. The molecule has 0 saturated heterocycles. The molecule has 0 unspecified atom stereocenters. The molecule has 4 aromatic carbocycles. The van der Waals surface area contributed by atoms with Crippen molar-refractivity contribution in [1.82, 2.24) is 19.9 Å². The van der Waals surface area contributed by atoms with Crippen LogP contribution in [0.3, 0.4) is 0 Å². The number of nitrogens with zero attached hydrogens (tertiary/aromatic N) is 4. The third-order valence-corrected chi connectivity index (χ3v) is 8.75. The molecule has 0 amide bonds. The molecule has 1 aliphatic rings. The van der Waals surface area contributed by atoms with Crippen molar-refractivity contribution in [3.63, 3.8) is 0 Å². The normalized spacial score (nSPS) is 12.9. The van der Waals surface area contributed by atoms with Crippen LogP contribution in [0.1, 0.15) is 0 Å². The lowest BCUT2D eigenvalue weighted by atomic mass is 10.2. The van der Waals surface area contributed by atoms with Crippen molar-refractivity contribution in [3.8, 4) is 0 Å². The van der Waals surface area contributed by atoms with Gasteiger partial charge in [-0.15, -0.1) is 0 Å². The zero-order valence-electron chi connectivity index (χ0n) is 21.9. The summed E-state index contributed by atoms with van der Waals surface area (Å²) in [5.41, 5.74) is 2.97. The molecule has 0 saturated carbocycles. The van der Waals surface area contributed by atoms with Crippen LogP contribution in [-0.4, -0.2) is 30.2 Å². The number of rotatable bonds is 0. The first-order chi connectivity index (χ1) is 20.2. The van der Waals surface area contributed by atoms with Crippen molar-refractivity contribution in [3.05, 3.63) is 113 Å². The highest BCUT2D eigenvalue weighted by Gasteiger charge is 2.15. The zero-order valence-corrected chi connectivity index (χ0v) is 23.9. The van der Waals surface area contributed by atoms with E-state index in [0.717, 1.165) is 98.6 Å². The van der Waals surface area contributed by atoms with Crippen molar-refractivity contribution in [1.29, 1.82) is 0 Å². The summed E-state index contributed by atoms with van der Waals surface area (Å²) in [5, 5.41) is 9.38. The van der Waals surface area contributed by atoms with Crippen molar-refractivity contribution in [2.24, 2.45) is 20.0 Å². The predicted molar refractivity (Wildman–Crippen MR) is 166 cm³/mol. The lowest BCUT2D eigenvalue weighted by Crippen LogP contribution is -2.10. The molecule has 0 radical (unpaired) electrons.